The fraction of sp³-hybridized carbons (Fsp3) is 0.400. The Balaban J connectivity index is 1.76. The Hall–Kier alpha value is -1.40. The molecule has 0 spiro atoms. The summed E-state index contributed by atoms with van der Waals surface area (Å²) in [6.07, 6.45) is 4.89. The Labute approximate surface area is 128 Å². The van der Waals surface area contributed by atoms with E-state index in [0.717, 1.165) is 21.3 Å². The third-order valence-corrected chi connectivity index (χ3v) is 7.04. The van der Waals surface area contributed by atoms with E-state index in [2.05, 4.69) is 10.3 Å². The maximum absolute atomic E-state index is 12.3. The number of rotatable bonds is 2. The molecule has 2 aromatic rings. The molecule has 1 aliphatic carbocycles. The Morgan fingerprint density at radius 3 is 2.76 bits per heavy atom. The number of hydrogen-bond acceptors (Lipinski definition) is 5. The van der Waals surface area contributed by atoms with Gasteiger partial charge in [-0.3, -0.25) is 0 Å². The number of aromatic nitrogens is 1. The van der Waals surface area contributed by atoms with Gasteiger partial charge in [0.25, 0.3) is 0 Å². The summed E-state index contributed by atoms with van der Waals surface area (Å²) < 4.78 is 24.7. The van der Waals surface area contributed by atoms with Gasteiger partial charge >= 0.3 is 0 Å². The number of nitrogens with one attached hydrogen (secondary N) is 1. The van der Waals surface area contributed by atoms with Crippen molar-refractivity contribution in [3.63, 3.8) is 0 Å². The van der Waals surface area contributed by atoms with Crippen molar-refractivity contribution in [2.75, 3.05) is 5.32 Å². The summed E-state index contributed by atoms with van der Waals surface area (Å²) in [6, 6.07) is 7.66. The Bertz CT molecular complexity index is 790. The Morgan fingerprint density at radius 2 is 1.95 bits per heavy atom. The zero-order chi connectivity index (χ0) is 14.4. The smallest absolute Gasteiger partial charge is 0.184 e. The second kappa shape index (κ2) is 4.81. The summed E-state index contributed by atoms with van der Waals surface area (Å²) >= 11 is 1.49. The van der Waals surface area contributed by atoms with E-state index in [9.17, 15) is 8.42 Å². The summed E-state index contributed by atoms with van der Waals surface area (Å²) in [4.78, 5) is 5.93. The average Bonchev–Trinajstić information content (AvgIpc) is 3.08. The van der Waals surface area contributed by atoms with E-state index < -0.39 is 9.84 Å². The molecule has 1 aliphatic heterocycles. The van der Waals surface area contributed by atoms with Gasteiger partial charge in [0.1, 0.15) is 0 Å². The lowest BCUT2D eigenvalue weighted by Crippen LogP contribution is -2.14. The monoisotopic (exact) mass is 320 g/mol. The van der Waals surface area contributed by atoms with Crippen LogP contribution in [0.3, 0.4) is 0 Å². The average molecular weight is 320 g/mol. The molecule has 0 saturated heterocycles. The van der Waals surface area contributed by atoms with Crippen molar-refractivity contribution in [3.05, 3.63) is 29.1 Å². The van der Waals surface area contributed by atoms with Gasteiger partial charge in [-0.05, 0) is 18.9 Å². The maximum atomic E-state index is 12.3. The van der Waals surface area contributed by atoms with Crippen LogP contribution >= 0.6 is 11.3 Å². The van der Waals surface area contributed by atoms with Crippen molar-refractivity contribution >= 4 is 26.3 Å². The Kier molecular flexibility index (Phi) is 3.04. The van der Waals surface area contributed by atoms with Crippen molar-refractivity contribution in [1.29, 1.82) is 0 Å². The van der Waals surface area contributed by atoms with Gasteiger partial charge < -0.3 is 5.32 Å². The highest BCUT2D eigenvalue weighted by Gasteiger charge is 2.31. The van der Waals surface area contributed by atoms with Gasteiger partial charge in [0, 0.05) is 16.5 Å². The van der Waals surface area contributed by atoms with Crippen LogP contribution in [-0.4, -0.2) is 19.4 Å². The van der Waals surface area contributed by atoms with Crippen LogP contribution in [0.2, 0.25) is 0 Å². The van der Waals surface area contributed by atoms with Crippen molar-refractivity contribution in [1.82, 2.24) is 4.98 Å². The van der Waals surface area contributed by atoms with Gasteiger partial charge in [-0.15, -0.1) is 11.3 Å². The van der Waals surface area contributed by atoms with Crippen LogP contribution in [0.1, 0.15) is 30.6 Å². The number of anilines is 1. The molecule has 1 N–H and O–H groups in total. The summed E-state index contributed by atoms with van der Waals surface area (Å²) in [5.41, 5.74) is 1.58. The van der Waals surface area contributed by atoms with Crippen LogP contribution in [0.4, 0.5) is 5.13 Å². The molecule has 4 rings (SSSR count). The quantitative estimate of drug-likeness (QED) is 0.920. The number of fused-ring (bicyclic) bond motifs is 3. The molecule has 0 radical (unpaired) electrons. The van der Waals surface area contributed by atoms with Crippen LogP contribution in [0.5, 0.6) is 0 Å². The van der Waals surface area contributed by atoms with Gasteiger partial charge in [0.05, 0.1) is 16.3 Å². The van der Waals surface area contributed by atoms with Gasteiger partial charge in [0.2, 0.25) is 0 Å². The molecule has 21 heavy (non-hydrogen) atoms. The number of benzene rings is 1. The number of sulfone groups is 1. The topological polar surface area (TPSA) is 59.1 Å². The minimum Gasteiger partial charge on any atom is -0.359 e. The molecule has 1 saturated carbocycles. The molecule has 1 fully saturated rings. The fourth-order valence-electron chi connectivity index (χ4n) is 3.15. The van der Waals surface area contributed by atoms with E-state index in [4.69, 9.17) is 0 Å². The van der Waals surface area contributed by atoms with E-state index in [1.54, 1.807) is 12.1 Å². The van der Waals surface area contributed by atoms with Crippen LogP contribution in [0, 0.1) is 0 Å². The molecule has 6 heteroatoms. The van der Waals surface area contributed by atoms with Gasteiger partial charge in [0.15, 0.2) is 15.0 Å². The second-order valence-corrected chi connectivity index (χ2v) is 8.71. The minimum absolute atomic E-state index is 0.0728. The summed E-state index contributed by atoms with van der Waals surface area (Å²) in [6.45, 7) is 0. The predicted molar refractivity (Wildman–Crippen MR) is 84.3 cm³/mol. The van der Waals surface area contributed by atoms with Gasteiger partial charge in [-0.1, -0.05) is 31.0 Å². The zero-order valence-electron chi connectivity index (χ0n) is 11.5. The lowest BCUT2D eigenvalue weighted by molar-refractivity contribution is 0.595. The van der Waals surface area contributed by atoms with Crippen molar-refractivity contribution < 1.29 is 8.42 Å². The largest absolute Gasteiger partial charge is 0.359 e. The van der Waals surface area contributed by atoms with Crippen LogP contribution < -0.4 is 5.32 Å². The first-order chi connectivity index (χ1) is 10.1. The normalized spacial score (nSPS) is 20.0. The van der Waals surface area contributed by atoms with E-state index in [1.807, 2.05) is 12.1 Å². The first-order valence-electron chi connectivity index (χ1n) is 7.22. The zero-order valence-corrected chi connectivity index (χ0v) is 13.1. The van der Waals surface area contributed by atoms with Gasteiger partial charge in [-0.2, -0.15) is 0 Å². The van der Waals surface area contributed by atoms with E-state index in [1.165, 1.54) is 37.0 Å². The lowest BCUT2D eigenvalue weighted by Gasteiger charge is -2.14. The van der Waals surface area contributed by atoms with Crippen molar-refractivity contribution in [2.45, 2.75) is 42.4 Å². The SMILES string of the molecule is O=S1(=O)Cc2sc(NC3CCCC3)nc2-c2ccccc21. The highest BCUT2D eigenvalue weighted by atomic mass is 32.2. The lowest BCUT2D eigenvalue weighted by atomic mass is 10.1. The van der Waals surface area contributed by atoms with Crippen molar-refractivity contribution in [2.24, 2.45) is 0 Å². The highest BCUT2D eigenvalue weighted by molar-refractivity contribution is 7.91. The molecule has 0 unspecified atom stereocenters. The summed E-state index contributed by atoms with van der Waals surface area (Å²) in [5, 5.41) is 4.33. The van der Waals surface area contributed by atoms with E-state index in [0.29, 0.717) is 10.9 Å². The third-order valence-electron chi connectivity index (χ3n) is 4.18. The third kappa shape index (κ3) is 2.26. The fourth-order valence-corrected chi connectivity index (χ4v) is 6.12. The maximum Gasteiger partial charge on any atom is 0.184 e. The first-order valence-corrected chi connectivity index (χ1v) is 9.69. The molecule has 110 valence electrons. The van der Waals surface area contributed by atoms with E-state index in [-0.39, 0.29) is 5.75 Å². The predicted octanol–water partition coefficient (Wildman–Crippen LogP) is 3.45. The molecular formula is C15H16N2O2S2. The molecule has 2 heterocycles. The van der Waals surface area contributed by atoms with Crippen LogP contribution in [0.15, 0.2) is 29.2 Å². The number of hydrogen-bond donors (Lipinski definition) is 1. The molecule has 0 amide bonds. The number of thiazole rings is 1. The van der Waals surface area contributed by atoms with Crippen LogP contribution in [-0.2, 0) is 15.6 Å². The highest BCUT2D eigenvalue weighted by Crippen LogP contribution is 2.41. The first kappa shape index (κ1) is 13.3. The molecule has 1 aromatic carbocycles. The molecule has 2 aliphatic rings. The minimum atomic E-state index is -3.23. The van der Waals surface area contributed by atoms with Gasteiger partial charge in [-0.25, -0.2) is 13.4 Å². The van der Waals surface area contributed by atoms with Crippen LogP contribution in [0.25, 0.3) is 11.3 Å². The second-order valence-electron chi connectivity index (χ2n) is 5.67. The van der Waals surface area contributed by atoms with E-state index >= 15 is 0 Å². The van der Waals surface area contributed by atoms with Crippen molar-refractivity contribution in [3.8, 4) is 11.3 Å². The standard InChI is InChI=1S/C15H16N2O2S2/c18-21(19)9-12-14(11-7-3-4-8-13(11)21)17-15(20-12)16-10-5-1-2-6-10/h3-4,7-8,10H,1-2,5-6,9H2,(H,16,17). The molecule has 4 nitrogen and oxygen atoms in total. The molecule has 0 atom stereocenters. The Morgan fingerprint density at radius 1 is 1.19 bits per heavy atom. The molecular weight excluding hydrogens is 304 g/mol. The number of nitrogens with zero attached hydrogens (tertiary/aromatic N) is 1. The summed E-state index contributed by atoms with van der Waals surface area (Å²) in [5.74, 6) is 0.0728. The molecule has 1 aromatic heterocycles. The summed E-state index contributed by atoms with van der Waals surface area (Å²) in [7, 11) is -3.23. The molecule has 0 bridgehead atoms.